The second-order valence-corrected chi connectivity index (χ2v) is 7.50. The van der Waals surface area contributed by atoms with Gasteiger partial charge < -0.3 is 10.6 Å². The van der Waals surface area contributed by atoms with E-state index in [-0.39, 0.29) is 18.5 Å². The quantitative estimate of drug-likeness (QED) is 0.644. The van der Waals surface area contributed by atoms with E-state index in [0.717, 1.165) is 25.0 Å². The molecule has 1 spiro atoms. The average molecular weight is 408 g/mol. The minimum atomic E-state index is -1.02. The van der Waals surface area contributed by atoms with Crippen molar-refractivity contribution in [2.45, 2.75) is 44.6 Å². The average Bonchev–Trinajstić information content (AvgIpc) is 2.88. The number of nitrogens with one attached hydrogen (secondary N) is 3. The molecule has 1 saturated heterocycles. The third-order valence-electron chi connectivity index (χ3n) is 5.34. The van der Waals surface area contributed by atoms with Crippen molar-refractivity contribution >= 4 is 23.8 Å². The van der Waals surface area contributed by atoms with Gasteiger partial charge in [-0.05, 0) is 43.7 Å². The molecule has 1 aliphatic heterocycles. The van der Waals surface area contributed by atoms with Gasteiger partial charge >= 0.3 is 6.03 Å². The molecule has 1 heterocycles. The Kier molecular flexibility index (Phi) is 5.81. The van der Waals surface area contributed by atoms with Gasteiger partial charge in [0.15, 0.2) is 0 Å². The molecule has 0 unspecified atom stereocenters. The Balaban J connectivity index is 1.50. The summed E-state index contributed by atoms with van der Waals surface area (Å²) < 4.78 is 26.5. The number of hydrogen-bond acceptors (Lipinski definition) is 4. The van der Waals surface area contributed by atoms with Crippen LogP contribution in [0.5, 0.6) is 0 Å². The van der Waals surface area contributed by atoms with Gasteiger partial charge in [0.2, 0.25) is 5.91 Å². The molecule has 156 valence electrons. The van der Waals surface area contributed by atoms with Crippen molar-refractivity contribution in [3.63, 3.8) is 0 Å². The molecule has 3 rings (SSSR count). The summed E-state index contributed by atoms with van der Waals surface area (Å²) in [6, 6.07) is 1.85. The summed E-state index contributed by atoms with van der Waals surface area (Å²) in [5, 5.41) is 5.70. The van der Waals surface area contributed by atoms with E-state index in [1.807, 2.05) is 0 Å². The molecule has 0 bridgehead atoms. The molecular formula is C19H22F2N4O4. The normalized spacial score (nSPS) is 23.8. The van der Waals surface area contributed by atoms with E-state index in [9.17, 15) is 28.0 Å². The summed E-state index contributed by atoms with van der Waals surface area (Å²) in [6.45, 7) is 1.92. The summed E-state index contributed by atoms with van der Waals surface area (Å²) in [5.74, 6) is -3.30. The highest BCUT2D eigenvalue weighted by Crippen LogP contribution is 2.35. The first-order valence-corrected chi connectivity index (χ1v) is 9.41. The van der Waals surface area contributed by atoms with Crippen LogP contribution in [-0.4, -0.2) is 40.8 Å². The number of halogens is 2. The van der Waals surface area contributed by atoms with Crippen molar-refractivity contribution in [2.75, 3.05) is 6.54 Å². The van der Waals surface area contributed by atoms with Crippen LogP contribution in [0.4, 0.5) is 13.6 Å². The standard InChI is InChI=1S/C19H22F2N4O4/c1-11-4-7-19(8-5-11)17(28)25(18(29)23-19)24-15(26)6-9-22-16(27)13-3-2-12(20)10-14(13)21/h2-3,10-11H,4-9H2,1H3,(H,22,27)(H,23,29)(H,24,26). The van der Waals surface area contributed by atoms with Gasteiger partial charge in [0.05, 0.1) is 5.56 Å². The molecule has 29 heavy (non-hydrogen) atoms. The molecule has 0 atom stereocenters. The molecule has 1 aromatic carbocycles. The van der Waals surface area contributed by atoms with Crippen LogP contribution in [0.2, 0.25) is 0 Å². The summed E-state index contributed by atoms with van der Waals surface area (Å²) in [4.78, 5) is 48.8. The maximum absolute atomic E-state index is 13.6. The van der Waals surface area contributed by atoms with Crippen molar-refractivity contribution in [2.24, 2.45) is 5.92 Å². The second-order valence-electron chi connectivity index (χ2n) is 7.50. The predicted molar refractivity (Wildman–Crippen MR) is 97.2 cm³/mol. The van der Waals surface area contributed by atoms with E-state index in [4.69, 9.17) is 0 Å². The van der Waals surface area contributed by atoms with Gasteiger partial charge in [-0.1, -0.05) is 6.92 Å². The number of carbonyl (C=O) groups excluding carboxylic acids is 4. The lowest BCUT2D eigenvalue weighted by Gasteiger charge is -2.33. The fourth-order valence-electron chi connectivity index (χ4n) is 3.55. The fraction of sp³-hybridized carbons (Fsp3) is 0.474. The first-order chi connectivity index (χ1) is 13.7. The molecule has 1 saturated carbocycles. The first kappa shape index (κ1) is 20.7. The van der Waals surface area contributed by atoms with Gasteiger partial charge in [0.25, 0.3) is 11.8 Å². The van der Waals surface area contributed by atoms with Crippen LogP contribution in [0.25, 0.3) is 0 Å². The maximum atomic E-state index is 13.6. The largest absolute Gasteiger partial charge is 0.351 e. The van der Waals surface area contributed by atoms with Crippen molar-refractivity contribution in [1.82, 2.24) is 21.1 Å². The minimum absolute atomic E-state index is 0.159. The number of nitrogens with zero attached hydrogens (tertiary/aromatic N) is 1. The Hall–Kier alpha value is -3.04. The fourth-order valence-corrected chi connectivity index (χ4v) is 3.55. The van der Waals surface area contributed by atoms with Crippen LogP contribution in [0.1, 0.15) is 49.4 Å². The number of hydrazine groups is 1. The molecule has 2 fully saturated rings. The van der Waals surface area contributed by atoms with Crippen LogP contribution in [-0.2, 0) is 9.59 Å². The number of imide groups is 1. The predicted octanol–water partition coefficient (Wildman–Crippen LogP) is 1.62. The van der Waals surface area contributed by atoms with Gasteiger partial charge in [0, 0.05) is 19.0 Å². The van der Waals surface area contributed by atoms with E-state index in [1.54, 1.807) is 0 Å². The summed E-state index contributed by atoms with van der Waals surface area (Å²) in [7, 11) is 0. The Bertz CT molecular complexity index is 853. The van der Waals surface area contributed by atoms with Gasteiger partial charge in [0.1, 0.15) is 17.2 Å². The minimum Gasteiger partial charge on any atom is -0.351 e. The second kappa shape index (κ2) is 8.14. The van der Waals surface area contributed by atoms with E-state index < -0.39 is 40.9 Å². The highest BCUT2D eigenvalue weighted by molar-refractivity contribution is 6.08. The van der Waals surface area contributed by atoms with E-state index in [0.29, 0.717) is 29.8 Å². The lowest BCUT2D eigenvalue weighted by atomic mass is 9.77. The molecular weight excluding hydrogens is 386 g/mol. The van der Waals surface area contributed by atoms with Crippen molar-refractivity contribution in [1.29, 1.82) is 0 Å². The zero-order valence-corrected chi connectivity index (χ0v) is 15.9. The Morgan fingerprint density at radius 1 is 1.24 bits per heavy atom. The van der Waals surface area contributed by atoms with Crippen LogP contribution < -0.4 is 16.1 Å². The summed E-state index contributed by atoms with van der Waals surface area (Å²) in [5.41, 5.74) is 0.932. The topological polar surface area (TPSA) is 108 Å². The Morgan fingerprint density at radius 3 is 2.59 bits per heavy atom. The molecule has 1 aromatic rings. The summed E-state index contributed by atoms with van der Waals surface area (Å²) >= 11 is 0. The van der Waals surface area contributed by atoms with Crippen LogP contribution in [0.3, 0.4) is 0 Å². The molecule has 8 nitrogen and oxygen atoms in total. The highest BCUT2D eigenvalue weighted by Gasteiger charge is 2.52. The van der Waals surface area contributed by atoms with E-state index in [1.165, 1.54) is 0 Å². The number of hydrogen-bond donors (Lipinski definition) is 3. The van der Waals surface area contributed by atoms with Crippen LogP contribution >= 0.6 is 0 Å². The lowest BCUT2D eigenvalue weighted by Crippen LogP contribution is -2.51. The zero-order valence-electron chi connectivity index (χ0n) is 15.9. The van der Waals surface area contributed by atoms with Gasteiger partial charge in [-0.15, -0.1) is 0 Å². The first-order valence-electron chi connectivity index (χ1n) is 9.41. The number of urea groups is 1. The highest BCUT2D eigenvalue weighted by atomic mass is 19.1. The number of carbonyl (C=O) groups is 4. The summed E-state index contributed by atoms with van der Waals surface area (Å²) in [6.07, 6.45) is 2.41. The van der Waals surface area contributed by atoms with Gasteiger partial charge in [-0.3, -0.25) is 19.8 Å². The molecule has 1 aliphatic carbocycles. The molecule has 0 radical (unpaired) electrons. The van der Waals surface area contributed by atoms with Crippen LogP contribution in [0, 0.1) is 17.6 Å². The monoisotopic (exact) mass is 408 g/mol. The van der Waals surface area contributed by atoms with Crippen molar-refractivity contribution in [3.05, 3.63) is 35.4 Å². The number of benzene rings is 1. The number of amides is 5. The molecule has 0 aromatic heterocycles. The smallest absolute Gasteiger partial charge is 0.344 e. The van der Waals surface area contributed by atoms with Crippen molar-refractivity contribution in [3.8, 4) is 0 Å². The molecule has 10 heteroatoms. The lowest BCUT2D eigenvalue weighted by molar-refractivity contribution is -0.140. The van der Waals surface area contributed by atoms with Crippen LogP contribution in [0.15, 0.2) is 18.2 Å². The molecule has 3 N–H and O–H groups in total. The van der Waals surface area contributed by atoms with E-state index in [2.05, 4.69) is 23.0 Å². The SMILES string of the molecule is CC1CCC2(CC1)NC(=O)N(NC(=O)CCNC(=O)c1ccc(F)cc1F)C2=O. The zero-order chi connectivity index (χ0) is 21.2. The van der Waals surface area contributed by atoms with E-state index >= 15 is 0 Å². The number of rotatable bonds is 5. The third-order valence-corrected chi connectivity index (χ3v) is 5.34. The Morgan fingerprint density at radius 2 is 1.93 bits per heavy atom. The Labute approximate surface area is 166 Å². The van der Waals surface area contributed by atoms with Gasteiger partial charge in [-0.2, -0.15) is 5.01 Å². The molecule has 2 aliphatic rings. The van der Waals surface area contributed by atoms with Gasteiger partial charge in [-0.25, -0.2) is 13.6 Å². The third kappa shape index (κ3) is 4.36. The van der Waals surface area contributed by atoms with Crippen molar-refractivity contribution < 1.29 is 28.0 Å². The maximum Gasteiger partial charge on any atom is 0.344 e. The molecule has 5 amide bonds.